The van der Waals surface area contributed by atoms with Crippen LogP contribution in [0.5, 0.6) is 0 Å². The number of rotatable bonds is 0. The molecule has 4 rings (SSSR count). The summed E-state index contributed by atoms with van der Waals surface area (Å²) < 4.78 is 0. The van der Waals surface area contributed by atoms with E-state index in [2.05, 4.69) is 19.4 Å². The molecule has 0 spiro atoms. The molecular weight excluding hydrogens is 284 g/mol. The molecule has 4 aliphatic carbocycles. The van der Waals surface area contributed by atoms with Gasteiger partial charge in [-0.25, -0.2) is 0 Å². The van der Waals surface area contributed by atoms with E-state index >= 15 is 0 Å². The summed E-state index contributed by atoms with van der Waals surface area (Å²) in [6.45, 7) is 6.60. The highest BCUT2D eigenvalue weighted by atomic mass is 16.3. The van der Waals surface area contributed by atoms with Crippen molar-refractivity contribution in [2.45, 2.75) is 57.5 Å². The number of carbonyl (C=O) groups is 1. The Labute approximate surface area is 139 Å². The zero-order valence-corrected chi connectivity index (χ0v) is 14.0. The van der Waals surface area contributed by atoms with Gasteiger partial charge in [0.25, 0.3) is 0 Å². The standard InChI is InChI=1S/C21H26O2/c1-4-21(23)10-9-18-17-7-5-14-11-15(22)6-8-16(14)19(17)13(2)12-20(18,21)3/h1,11,16-19,23H,2,5-10,12H2,3H3/t16-,17-,18+,19+,20+,21+/m0/s1. The molecule has 0 aliphatic heterocycles. The van der Waals surface area contributed by atoms with Gasteiger partial charge in [-0.1, -0.05) is 30.6 Å². The quantitative estimate of drug-likeness (QED) is 0.548. The molecule has 0 aromatic heterocycles. The molecule has 0 aromatic rings. The van der Waals surface area contributed by atoms with Gasteiger partial charge in [-0.2, -0.15) is 0 Å². The smallest absolute Gasteiger partial charge is 0.155 e. The topological polar surface area (TPSA) is 37.3 Å². The molecule has 0 radical (unpaired) electrons. The number of fused-ring (bicyclic) bond motifs is 5. The molecule has 4 aliphatic rings. The Hall–Kier alpha value is -1.33. The molecule has 0 unspecified atom stereocenters. The molecule has 3 saturated carbocycles. The number of carbonyl (C=O) groups excluding carboxylic acids is 1. The van der Waals surface area contributed by atoms with Gasteiger partial charge < -0.3 is 5.11 Å². The summed E-state index contributed by atoms with van der Waals surface area (Å²) in [4.78, 5) is 11.8. The first-order valence-electron chi connectivity index (χ1n) is 9.01. The van der Waals surface area contributed by atoms with Crippen molar-refractivity contribution in [3.05, 3.63) is 23.8 Å². The maximum atomic E-state index is 11.8. The van der Waals surface area contributed by atoms with Gasteiger partial charge in [0.05, 0.1) is 0 Å². The third-order valence-corrected chi connectivity index (χ3v) is 7.59. The van der Waals surface area contributed by atoms with Crippen LogP contribution in [0.4, 0.5) is 0 Å². The van der Waals surface area contributed by atoms with E-state index in [1.54, 1.807) is 0 Å². The van der Waals surface area contributed by atoms with Crippen molar-refractivity contribution in [2.24, 2.45) is 29.1 Å². The Morgan fingerprint density at radius 2 is 2.13 bits per heavy atom. The van der Waals surface area contributed by atoms with Gasteiger partial charge in [0.1, 0.15) is 5.60 Å². The minimum absolute atomic E-state index is 0.230. The van der Waals surface area contributed by atoms with Gasteiger partial charge in [-0.3, -0.25) is 4.79 Å². The summed E-state index contributed by atoms with van der Waals surface area (Å²) in [6.07, 6.45) is 14.0. The van der Waals surface area contributed by atoms with Crippen molar-refractivity contribution >= 4 is 5.78 Å². The maximum absolute atomic E-state index is 11.8. The van der Waals surface area contributed by atoms with Crippen LogP contribution in [-0.4, -0.2) is 16.5 Å². The maximum Gasteiger partial charge on any atom is 0.155 e. The summed E-state index contributed by atoms with van der Waals surface area (Å²) in [5, 5.41) is 11.0. The van der Waals surface area contributed by atoms with Crippen molar-refractivity contribution in [3.63, 3.8) is 0 Å². The van der Waals surface area contributed by atoms with Gasteiger partial charge in [0, 0.05) is 11.8 Å². The van der Waals surface area contributed by atoms with E-state index in [0.29, 0.717) is 42.3 Å². The SMILES string of the molecule is C#C[C@@]1(O)CC[C@@H]2[C@@H]3CCC4=CC(=O)CC[C@@H]4[C@H]3C(=C)C[C@]21C. The van der Waals surface area contributed by atoms with Gasteiger partial charge in [-0.15, -0.1) is 6.42 Å². The zero-order valence-electron chi connectivity index (χ0n) is 14.0. The molecule has 2 nitrogen and oxygen atoms in total. The van der Waals surface area contributed by atoms with Crippen LogP contribution in [0.3, 0.4) is 0 Å². The van der Waals surface area contributed by atoms with Crippen molar-refractivity contribution in [1.29, 1.82) is 0 Å². The molecule has 0 bridgehead atoms. The molecule has 2 heteroatoms. The Morgan fingerprint density at radius 3 is 2.87 bits per heavy atom. The summed E-state index contributed by atoms with van der Waals surface area (Å²) >= 11 is 0. The van der Waals surface area contributed by atoms with E-state index in [9.17, 15) is 9.90 Å². The van der Waals surface area contributed by atoms with Crippen LogP contribution in [0.1, 0.15) is 51.9 Å². The monoisotopic (exact) mass is 310 g/mol. The highest BCUT2D eigenvalue weighted by molar-refractivity contribution is 5.91. The first-order valence-corrected chi connectivity index (χ1v) is 9.01. The van der Waals surface area contributed by atoms with Crippen LogP contribution in [-0.2, 0) is 4.79 Å². The number of terminal acetylenes is 1. The minimum atomic E-state index is -0.982. The first-order chi connectivity index (χ1) is 10.9. The molecule has 1 N–H and O–H groups in total. The van der Waals surface area contributed by atoms with Crippen molar-refractivity contribution in [3.8, 4) is 12.3 Å². The van der Waals surface area contributed by atoms with Crippen LogP contribution >= 0.6 is 0 Å². The summed E-state index contributed by atoms with van der Waals surface area (Å²) in [5.41, 5.74) is 1.40. The van der Waals surface area contributed by atoms with Crippen LogP contribution in [0.15, 0.2) is 23.8 Å². The summed E-state index contributed by atoms with van der Waals surface area (Å²) in [7, 11) is 0. The number of hydrogen-bond acceptors (Lipinski definition) is 2. The fourth-order valence-corrected chi connectivity index (χ4v) is 6.45. The lowest BCUT2D eigenvalue weighted by Crippen LogP contribution is -2.52. The highest BCUT2D eigenvalue weighted by Gasteiger charge is 2.62. The highest BCUT2D eigenvalue weighted by Crippen LogP contribution is 2.65. The second kappa shape index (κ2) is 4.84. The molecule has 3 fully saturated rings. The van der Waals surface area contributed by atoms with Crippen molar-refractivity contribution in [1.82, 2.24) is 0 Å². The van der Waals surface area contributed by atoms with Gasteiger partial charge >= 0.3 is 0 Å². The van der Waals surface area contributed by atoms with Crippen molar-refractivity contribution in [2.75, 3.05) is 0 Å². The lowest BCUT2D eigenvalue weighted by atomic mass is 9.49. The van der Waals surface area contributed by atoms with E-state index in [-0.39, 0.29) is 5.41 Å². The molecule has 0 heterocycles. The van der Waals surface area contributed by atoms with Crippen LogP contribution in [0, 0.1) is 41.4 Å². The van der Waals surface area contributed by atoms with Crippen LogP contribution in [0.25, 0.3) is 0 Å². The predicted octanol–water partition coefficient (Wildman–Crippen LogP) is 3.66. The van der Waals surface area contributed by atoms with Gasteiger partial charge in [0.2, 0.25) is 0 Å². The molecular formula is C21H26O2. The Kier molecular flexibility index (Phi) is 3.20. The molecule has 122 valence electrons. The number of hydrogen-bond donors (Lipinski definition) is 1. The average molecular weight is 310 g/mol. The Morgan fingerprint density at radius 1 is 1.35 bits per heavy atom. The fraction of sp³-hybridized carbons (Fsp3) is 0.667. The number of allylic oxidation sites excluding steroid dienone is 2. The third kappa shape index (κ3) is 1.89. The van der Waals surface area contributed by atoms with Gasteiger partial charge in [0.15, 0.2) is 5.78 Å². The summed E-state index contributed by atoms with van der Waals surface area (Å²) in [6, 6.07) is 0. The number of aliphatic hydroxyl groups is 1. The van der Waals surface area contributed by atoms with E-state index < -0.39 is 5.60 Å². The lowest BCUT2D eigenvalue weighted by molar-refractivity contribution is -0.116. The van der Waals surface area contributed by atoms with Crippen molar-refractivity contribution < 1.29 is 9.90 Å². The van der Waals surface area contributed by atoms with Gasteiger partial charge in [-0.05, 0) is 68.3 Å². The third-order valence-electron chi connectivity index (χ3n) is 7.59. The summed E-state index contributed by atoms with van der Waals surface area (Å²) in [5.74, 6) is 5.05. The number of ketones is 1. The second-order valence-electron chi connectivity index (χ2n) is 8.46. The van der Waals surface area contributed by atoms with E-state index in [1.807, 2.05) is 6.08 Å². The molecule has 0 saturated heterocycles. The van der Waals surface area contributed by atoms with E-state index in [0.717, 1.165) is 32.1 Å². The molecule has 0 aromatic carbocycles. The molecule has 23 heavy (non-hydrogen) atoms. The van der Waals surface area contributed by atoms with E-state index in [1.165, 1.54) is 11.1 Å². The van der Waals surface area contributed by atoms with Crippen LogP contribution in [0.2, 0.25) is 0 Å². The fourth-order valence-electron chi connectivity index (χ4n) is 6.45. The molecule has 6 atom stereocenters. The zero-order chi connectivity index (χ0) is 16.4. The second-order valence-corrected chi connectivity index (χ2v) is 8.46. The largest absolute Gasteiger partial charge is 0.377 e. The Bertz CT molecular complexity index is 651. The normalized spacial score (nSPS) is 48.8. The predicted molar refractivity (Wildman–Crippen MR) is 90.4 cm³/mol. The minimum Gasteiger partial charge on any atom is -0.377 e. The Balaban J connectivity index is 1.72. The molecule has 0 amide bonds. The van der Waals surface area contributed by atoms with Crippen LogP contribution < -0.4 is 0 Å². The first kappa shape index (κ1) is 15.2. The van der Waals surface area contributed by atoms with E-state index in [4.69, 9.17) is 6.42 Å². The lowest BCUT2D eigenvalue weighted by Gasteiger charge is -2.55. The average Bonchev–Trinajstić information content (AvgIpc) is 2.78.